The van der Waals surface area contributed by atoms with Gasteiger partial charge in [0.05, 0.1) is 16.4 Å². The second-order valence-electron chi connectivity index (χ2n) is 5.75. The highest BCUT2D eigenvalue weighted by Gasteiger charge is 2.14. The van der Waals surface area contributed by atoms with Crippen molar-refractivity contribution in [2.75, 3.05) is 11.1 Å². The molecule has 0 unspecified atom stereocenters. The quantitative estimate of drug-likeness (QED) is 0.408. The zero-order valence-corrected chi connectivity index (χ0v) is 15.9. The Morgan fingerprint density at radius 2 is 1.88 bits per heavy atom. The number of hydrogen-bond donors (Lipinski definition) is 2. The van der Waals surface area contributed by atoms with E-state index in [1.165, 1.54) is 0 Å². The maximum atomic E-state index is 12.7. The highest BCUT2D eigenvalue weighted by atomic mass is 79.9. The van der Waals surface area contributed by atoms with Gasteiger partial charge in [-0.3, -0.25) is 4.79 Å². The molecule has 0 aliphatic heterocycles. The second-order valence-corrected chi connectivity index (χ2v) is 7.07. The lowest BCUT2D eigenvalue weighted by atomic mass is 10.0. The lowest BCUT2D eigenvalue weighted by molar-refractivity contribution is 0.103. The summed E-state index contributed by atoms with van der Waals surface area (Å²) in [6, 6.07) is 18.3. The monoisotopic (exact) mass is 414 g/mol. The van der Waals surface area contributed by atoms with E-state index in [4.69, 9.17) is 17.3 Å². The molecule has 0 radical (unpaired) electrons. The van der Waals surface area contributed by atoms with Crippen molar-refractivity contribution in [3.05, 3.63) is 86.8 Å². The predicted octanol–water partition coefficient (Wildman–Crippen LogP) is 5.97. The minimum absolute atomic E-state index is 0.0941. The van der Waals surface area contributed by atoms with Crippen LogP contribution in [0, 0.1) is 6.92 Å². The van der Waals surface area contributed by atoms with Crippen LogP contribution in [0.25, 0.3) is 0 Å². The minimum Gasteiger partial charge on any atom is -0.397 e. The number of nitrogens with one attached hydrogen (secondary N) is 1. The van der Waals surface area contributed by atoms with Crippen LogP contribution in [-0.4, -0.2) is 5.78 Å². The number of aryl methyl sites for hydroxylation is 1. The van der Waals surface area contributed by atoms with Crippen LogP contribution in [-0.2, 0) is 0 Å². The first kappa shape index (κ1) is 17.5. The average molecular weight is 416 g/mol. The van der Waals surface area contributed by atoms with Gasteiger partial charge in [-0.15, -0.1) is 0 Å². The third-order valence-corrected chi connectivity index (χ3v) is 4.59. The molecule has 0 amide bonds. The van der Waals surface area contributed by atoms with Gasteiger partial charge in [-0.05, 0) is 49.4 Å². The van der Waals surface area contributed by atoms with Crippen molar-refractivity contribution in [2.24, 2.45) is 0 Å². The molecule has 0 saturated carbocycles. The number of anilines is 3. The van der Waals surface area contributed by atoms with Crippen LogP contribution in [0.5, 0.6) is 0 Å². The molecular formula is C20H16BrClN2O. The van der Waals surface area contributed by atoms with Gasteiger partial charge < -0.3 is 11.1 Å². The molecule has 5 heteroatoms. The Kier molecular flexibility index (Phi) is 5.11. The molecule has 3 rings (SSSR count). The first-order valence-electron chi connectivity index (χ1n) is 7.67. The average Bonchev–Trinajstić information content (AvgIpc) is 2.57. The van der Waals surface area contributed by atoms with E-state index in [0.29, 0.717) is 21.8 Å². The van der Waals surface area contributed by atoms with Gasteiger partial charge in [-0.25, -0.2) is 0 Å². The predicted molar refractivity (Wildman–Crippen MR) is 108 cm³/mol. The van der Waals surface area contributed by atoms with Crippen molar-refractivity contribution in [1.82, 2.24) is 0 Å². The van der Waals surface area contributed by atoms with Crippen LogP contribution in [0.15, 0.2) is 65.1 Å². The summed E-state index contributed by atoms with van der Waals surface area (Å²) >= 11 is 9.73. The Morgan fingerprint density at radius 3 is 2.56 bits per heavy atom. The molecule has 0 fully saturated rings. The second kappa shape index (κ2) is 7.30. The van der Waals surface area contributed by atoms with Crippen molar-refractivity contribution >= 4 is 50.4 Å². The largest absolute Gasteiger partial charge is 0.397 e. The lowest BCUT2D eigenvalue weighted by Gasteiger charge is -2.11. The van der Waals surface area contributed by atoms with Crippen molar-refractivity contribution in [1.29, 1.82) is 0 Å². The molecular weight excluding hydrogens is 400 g/mol. The number of carbonyl (C=O) groups is 1. The van der Waals surface area contributed by atoms with Gasteiger partial charge in [-0.2, -0.15) is 0 Å². The zero-order chi connectivity index (χ0) is 18.0. The Hall–Kier alpha value is -2.30. The summed E-state index contributed by atoms with van der Waals surface area (Å²) in [5, 5.41) is 3.61. The van der Waals surface area contributed by atoms with Gasteiger partial charge >= 0.3 is 0 Å². The van der Waals surface area contributed by atoms with E-state index in [9.17, 15) is 4.79 Å². The smallest absolute Gasteiger partial charge is 0.194 e. The summed E-state index contributed by atoms with van der Waals surface area (Å²) in [6.45, 7) is 1.95. The van der Waals surface area contributed by atoms with Crippen molar-refractivity contribution in [2.45, 2.75) is 6.92 Å². The van der Waals surface area contributed by atoms with Crippen LogP contribution in [0.4, 0.5) is 17.1 Å². The van der Waals surface area contributed by atoms with Gasteiger partial charge in [0.1, 0.15) is 0 Å². The molecule has 3 aromatic carbocycles. The summed E-state index contributed by atoms with van der Waals surface area (Å²) in [5.41, 5.74) is 10.3. The summed E-state index contributed by atoms with van der Waals surface area (Å²) in [6.07, 6.45) is 0. The van der Waals surface area contributed by atoms with Gasteiger partial charge in [0, 0.05) is 21.3 Å². The number of hydrogen-bond acceptors (Lipinski definition) is 3. The fourth-order valence-corrected chi connectivity index (χ4v) is 3.17. The molecule has 0 heterocycles. The number of carbonyl (C=O) groups excluding carboxylic acids is 1. The van der Waals surface area contributed by atoms with E-state index in [1.54, 1.807) is 18.2 Å². The number of rotatable bonds is 4. The van der Waals surface area contributed by atoms with Crippen molar-refractivity contribution < 1.29 is 4.79 Å². The molecule has 0 aliphatic carbocycles. The molecule has 3 nitrogen and oxygen atoms in total. The summed E-state index contributed by atoms with van der Waals surface area (Å²) in [7, 11) is 0. The molecule has 3 N–H and O–H groups in total. The third kappa shape index (κ3) is 4.03. The summed E-state index contributed by atoms with van der Waals surface area (Å²) in [4.78, 5) is 12.7. The molecule has 126 valence electrons. The van der Waals surface area contributed by atoms with Crippen LogP contribution in [0.3, 0.4) is 0 Å². The number of benzene rings is 3. The number of ketones is 1. The third-order valence-electron chi connectivity index (χ3n) is 3.79. The Morgan fingerprint density at radius 1 is 1.08 bits per heavy atom. The molecule has 0 saturated heterocycles. The van der Waals surface area contributed by atoms with E-state index >= 15 is 0 Å². The Bertz CT molecular complexity index is 956. The van der Waals surface area contributed by atoms with Crippen LogP contribution in [0.2, 0.25) is 5.02 Å². The van der Waals surface area contributed by atoms with E-state index in [1.807, 2.05) is 49.4 Å². The molecule has 0 spiro atoms. The zero-order valence-electron chi connectivity index (χ0n) is 13.5. The molecule has 0 atom stereocenters. The topological polar surface area (TPSA) is 55.1 Å². The molecule has 25 heavy (non-hydrogen) atoms. The Balaban J connectivity index is 1.87. The summed E-state index contributed by atoms with van der Waals surface area (Å²) < 4.78 is 0.910. The first-order chi connectivity index (χ1) is 11.9. The van der Waals surface area contributed by atoms with E-state index < -0.39 is 0 Å². The van der Waals surface area contributed by atoms with E-state index in [0.717, 1.165) is 21.4 Å². The highest BCUT2D eigenvalue weighted by Crippen LogP contribution is 2.29. The summed E-state index contributed by atoms with van der Waals surface area (Å²) in [5.74, 6) is -0.0941. The van der Waals surface area contributed by atoms with Gasteiger partial charge in [0.2, 0.25) is 0 Å². The van der Waals surface area contributed by atoms with Gasteiger partial charge in [-0.1, -0.05) is 51.3 Å². The van der Waals surface area contributed by atoms with Crippen LogP contribution >= 0.6 is 27.5 Å². The highest BCUT2D eigenvalue weighted by molar-refractivity contribution is 9.10. The van der Waals surface area contributed by atoms with Crippen molar-refractivity contribution in [3.63, 3.8) is 0 Å². The van der Waals surface area contributed by atoms with Crippen LogP contribution < -0.4 is 11.1 Å². The Labute approximate surface area is 159 Å². The fourth-order valence-electron chi connectivity index (χ4n) is 2.52. The van der Waals surface area contributed by atoms with E-state index in [2.05, 4.69) is 21.2 Å². The maximum absolute atomic E-state index is 12.7. The standard InChI is InChI=1S/C20H16BrClN2O/c1-12-3-2-4-13(9-12)20(25)16-7-6-15(11-17(16)22)24-19-8-5-14(21)10-18(19)23/h2-11,24H,23H2,1H3. The lowest BCUT2D eigenvalue weighted by Crippen LogP contribution is -2.03. The molecule has 0 bridgehead atoms. The number of nitrogens with two attached hydrogens (primary N) is 1. The van der Waals surface area contributed by atoms with Crippen molar-refractivity contribution in [3.8, 4) is 0 Å². The SMILES string of the molecule is Cc1cccc(C(=O)c2ccc(Nc3ccc(Br)cc3N)cc2Cl)c1. The molecule has 0 aromatic heterocycles. The van der Waals surface area contributed by atoms with Gasteiger partial charge in [0.25, 0.3) is 0 Å². The molecule has 3 aromatic rings. The maximum Gasteiger partial charge on any atom is 0.194 e. The van der Waals surface area contributed by atoms with Gasteiger partial charge in [0.15, 0.2) is 5.78 Å². The number of halogens is 2. The molecule has 0 aliphatic rings. The number of nitrogen functional groups attached to an aromatic ring is 1. The fraction of sp³-hybridized carbons (Fsp3) is 0.0500. The first-order valence-corrected chi connectivity index (χ1v) is 8.84. The minimum atomic E-state index is -0.0941. The van der Waals surface area contributed by atoms with E-state index in [-0.39, 0.29) is 5.78 Å². The normalized spacial score (nSPS) is 10.5. The van der Waals surface area contributed by atoms with Crippen LogP contribution in [0.1, 0.15) is 21.5 Å².